The molecule has 1 amide bonds. The minimum Gasteiger partial charge on any atom is -0.343 e. The highest BCUT2D eigenvalue weighted by Gasteiger charge is 2.42. The minimum atomic E-state index is -5.12. The molecule has 41 heavy (non-hydrogen) atoms. The summed E-state index contributed by atoms with van der Waals surface area (Å²) in [4.78, 5) is 33.4. The molecule has 0 aliphatic carbocycles. The van der Waals surface area contributed by atoms with Gasteiger partial charge in [-0.25, -0.2) is 24.1 Å². The van der Waals surface area contributed by atoms with E-state index in [1.54, 1.807) is 17.4 Å². The summed E-state index contributed by atoms with van der Waals surface area (Å²) in [5, 5.41) is 10.4. The first kappa shape index (κ1) is 30.0. The summed E-state index contributed by atoms with van der Waals surface area (Å²) < 4.78 is 81.7. The van der Waals surface area contributed by atoms with Crippen molar-refractivity contribution in [1.29, 1.82) is 0 Å². The molecule has 218 valence electrons. The minimum absolute atomic E-state index is 0.0361. The second-order valence-electron chi connectivity index (χ2n) is 8.57. The van der Waals surface area contributed by atoms with E-state index in [1.165, 1.54) is 41.5 Å². The number of hydrogen-bond donors (Lipinski definition) is 1. The van der Waals surface area contributed by atoms with Crippen molar-refractivity contribution in [2.45, 2.75) is 44.3 Å². The average Bonchev–Trinajstić information content (AvgIpc) is 3.47. The molecule has 1 N–H and O–H groups in total. The predicted octanol–water partition coefficient (Wildman–Crippen LogP) is 4.43. The fourth-order valence-corrected chi connectivity index (χ4v) is 3.94. The van der Waals surface area contributed by atoms with Crippen molar-refractivity contribution in [2.24, 2.45) is 0 Å². The normalized spacial score (nSPS) is 12.9. The second kappa shape index (κ2) is 11.9. The average molecular weight is 623 g/mol. The number of rotatable bonds is 9. The van der Waals surface area contributed by atoms with Gasteiger partial charge in [0.1, 0.15) is 18.9 Å². The van der Waals surface area contributed by atoms with Crippen LogP contribution in [0.3, 0.4) is 0 Å². The molecule has 4 aromatic rings. The van der Waals surface area contributed by atoms with Gasteiger partial charge in [-0.1, -0.05) is 23.2 Å². The Morgan fingerprint density at radius 1 is 1.00 bits per heavy atom. The Kier molecular flexibility index (Phi) is 8.72. The highest BCUT2D eigenvalue weighted by atomic mass is 35.5. The molecule has 0 unspecified atom stereocenters. The Balaban J connectivity index is 1.67. The Labute approximate surface area is 236 Å². The summed E-state index contributed by atoms with van der Waals surface area (Å²) in [5.74, 6) is -1.44. The predicted molar refractivity (Wildman–Crippen MR) is 133 cm³/mol. The quantitative estimate of drug-likeness (QED) is 0.276. The molecule has 18 heteroatoms. The first-order valence-electron chi connectivity index (χ1n) is 11.6. The van der Waals surface area contributed by atoms with E-state index in [9.17, 15) is 35.9 Å². The number of alkyl halides is 6. The zero-order chi connectivity index (χ0) is 29.9. The van der Waals surface area contributed by atoms with Crippen LogP contribution in [-0.4, -0.2) is 58.4 Å². The van der Waals surface area contributed by atoms with Crippen LogP contribution in [-0.2, 0) is 17.9 Å². The van der Waals surface area contributed by atoms with Crippen molar-refractivity contribution in [3.63, 3.8) is 0 Å². The van der Waals surface area contributed by atoms with Crippen molar-refractivity contribution in [1.82, 2.24) is 39.4 Å². The molecule has 3 heterocycles. The molecule has 4 rings (SSSR count). The maximum absolute atomic E-state index is 13.9. The topological polar surface area (TPSA) is 113 Å². The molecular weight excluding hydrogens is 605 g/mol. The number of carbonyl (C=O) groups excluding carboxylic acids is 1. The number of nitrogens with one attached hydrogen (secondary N) is 1. The molecular formula is C23H18Cl2F6N8O2. The first-order valence-corrected chi connectivity index (χ1v) is 12.3. The zero-order valence-electron chi connectivity index (χ0n) is 20.5. The van der Waals surface area contributed by atoms with E-state index in [-0.39, 0.29) is 34.6 Å². The van der Waals surface area contributed by atoms with Crippen molar-refractivity contribution < 1.29 is 31.1 Å². The molecule has 1 atom stereocenters. The molecule has 0 saturated carbocycles. The van der Waals surface area contributed by atoms with Crippen LogP contribution >= 0.6 is 23.2 Å². The van der Waals surface area contributed by atoms with Crippen LogP contribution in [0.15, 0.2) is 53.7 Å². The number of aromatic nitrogens is 7. The first-order chi connectivity index (χ1) is 19.2. The molecule has 0 bridgehead atoms. The summed E-state index contributed by atoms with van der Waals surface area (Å²) in [7, 11) is 0. The Morgan fingerprint density at radius 3 is 2.34 bits per heavy atom. The molecule has 3 aromatic heterocycles. The third-order valence-corrected chi connectivity index (χ3v) is 6.09. The second-order valence-corrected chi connectivity index (χ2v) is 9.42. The maximum Gasteiger partial charge on any atom is 0.410 e. The van der Waals surface area contributed by atoms with Crippen LogP contribution in [0.1, 0.15) is 18.7 Å². The zero-order valence-corrected chi connectivity index (χ0v) is 22.0. The Morgan fingerprint density at radius 2 is 1.71 bits per heavy atom. The van der Waals surface area contributed by atoms with Gasteiger partial charge in [-0.3, -0.25) is 9.36 Å². The number of amides is 1. The summed E-state index contributed by atoms with van der Waals surface area (Å²) >= 11 is 12.0. The molecule has 1 aromatic carbocycles. The third-order valence-electron chi connectivity index (χ3n) is 5.54. The largest absolute Gasteiger partial charge is 0.410 e. The highest BCUT2D eigenvalue weighted by molar-refractivity contribution is 6.32. The molecule has 0 radical (unpaired) electrons. The van der Waals surface area contributed by atoms with Crippen LogP contribution in [0.2, 0.25) is 10.0 Å². The molecule has 0 spiro atoms. The van der Waals surface area contributed by atoms with Crippen LogP contribution in [0, 0.1) is 0 Å². The van der Waals surface area contributed by atoms with E-state index in [2.05, 4.69) is 20.2 Å². The lowest BCUT2D eigenvalue weighted by atomic mass is 10.2. The molecule has 10 nitrogen and oxygen atoms in total. The van der Waals surface area contributed by atoms with Gasteiger partial charge in [0.25, 0.3) is 0 Å². The smallest absolute Gasteiger partial charge is 0.343 e. The van der Waals surface area contributed by atoms with E-state index < -0.39 is 49.4 Å². The monoisotopic (exact) mass is 622 g/mol. The lowest BCUT2D eigenvalue weighted by Crippen LogP contribution is -2.49. The SMILES string of the molecule is O=C(CCC(F)(F)F)N[C@H](Cn1c(-c2ccc(Cl)cc2)nn(Cc2ncn(-c3ncccc3Cl)n2)c1=O)C(F)(F)F. The highest BCUT2D eigenvalue weighted by Crippen LogP contribution is 2.26. The third kappa shape index (κ3) is 7.64. The maximum atomic E-state index is 13.9. The van der Waals surface area contributed by atoms with Crippen molar-refractivity contribution in [2.75, 3.05) is 0 Å². The summed E-state index contributed by atoms with van der Waals surface area (Å²) in [6.45, 7) is -1.55. The van der Waals surface area contributed by atoms with E-state index in [1.807, 2.05) is 0 Å². The molecule has 0 aliphatic rings. The summed E-state index contributed by atoms with van der Waals surface area (Å²) in [6, 6.07) is 6.12. The van der Waals surface area contributed by atoms with Gasteiger partial charge in [0.2, 0.25) is 5.91 Å². The van der Waals surface area contributed by atoms with Crippen LogP contribution in [0.25, 0.3) is 17.2 Å². The van der Waals surface area contributed by atoms with Gasteiger partial charge >= 0.3 is 18.0 Å². The van der Waals surface area contributed by atoms with Gasteiger partial charge in [0, 0.05) is 23.2 Å². The van der Waals surface area contributed by atoms with Crippen molar-refractivity contribution in [3.05, 3.63) is 75.3 Å². The number of pyridine rings is 1. The van der Waals surface area contributed by atoms with Gasteiger partial charge in [-0.15, -0.1) is 10.2 Å². The van der Waals surface area contributed by atoms with Crippen LogP contribution in [0.5, 0.6) is 0 Å². The molecule has 0 aliphatic heterocycles. The van der Waals surface area contributed by atoms with Gasteiger partial charge < -0.3 is 5.32 Å². The van der Waals surface area contributed by atoms with Gasteiger partial charge in [0.05, 0.1) is 18.0 Å². The molecule has 0 fully saturated rings. The lowest BCUT2D eigenvalue weighted by molar-refractivity contribution is -0.166. The number of carbonyl (C=O) groups is 1. The number of benzene rings is 1. The van der Waals surface area contributed by atoms with Crippen molar-refractivity contribution in [3.8, 4) is 17.2 Å². The van der Waals surface area contributed by atoms with Gasteiger partial charge in [-0.2, -0.15) is 26.3 Å². The lowest BCUT2D eigenvalue weighted by Gasteiger charge is -2.22. The van der Waals surface area contributed by atoms with E-state index in [0.717, 1.165) is 4.68 Å². The number of hydrogen-bond acceptors (Lipinski definition) is 6. The fourth-order valence-electron chi connectivity index (χ4n) is 3.61. The van der Waals surface area contributed by atoms with E-state index in [4.69, 9.17) is 23.2 Å². The fraction of sp³-hybridized carbons (Fsp3) is 0.304. The van der Waals surface area contributed by atoms with E-state index >= 15 is 0 Å². The Bertz CT molecular complexity index is 1580. The van der Waals surface area contributed by atoms with Gasteiger partial charge in [-0.05, 0) is 36.4 Å². The summed E-state index contributed by atoms with van der Waals surface area (Å²) in [5.41, 5.74) is -0.825. The van der Waals surface area contributed by atoms with Crippen molar-refractivity contribution >= 4 is 29.1 Å². The van der Waals surface area contributed by atoms with E-state index in [0.29, 0.717) is 9.59 Å². The van der Waals surface area contributed by atoms with Crippen LogP contribution < -0.4 is 11.0 Å². The number of nitrogens with zero attached hydrogens (tertiary/aromatic N) is 7. The Hall–Kier alpha value is -3.92. The summed E-state index contributed by atoms with van der Waals surface area (Å²) in [6.07, 6.45) is -9.96. The van der Waals surface area contributed by atoms with Gasteiger partial charge in [0.15, 0.2) is 17.5 Å². The van der Waals surface area contributed by atoms with Crippen LogP contribution in [0.4, 0.5) is 26.3 Å². The standard InChI is InChI=1S/C23H18Cl2F6N8O2/c24-14-5-3-13(4-6-14)19-36-38(11-17-33-12-39(35-17)20-15(25)2-1-9-32-20)21(41)37(19)10-16(23(29,30)31)34-18(40)7-8-22(26,27)28/h1-6,9,12,16H,7-8,10-11H2,(H,34,40)/t16-/m1/s1. The number of halogens is 8. The molecule has 0 saturated heterocycles.